The van der Waals surface area contributed by atoms with E-state index in [-0.39, 0.29) is 0 Å². The fourth-order valence-corrected chi connectivity index (χ4v) is 4.28. The third-order valence-electron chi connectivity index (χ3n) is 1.38. The summed E-state index contributed by atoms with van der Waals surface area (Å²) in [5, 5.41) is 10.6. The molecule has 0 heterocycles. The van der Waals surface area contributed by atoms with Crippen molar-refractivity contribution in [3.63, 3.8) is 0 Å². The topological polar surface area (TPSA) is 58.6 Å². The molecule has 0 atom stereocenters. The van der Waals surface area contributed by atoms with Crippen molar-refractivity contribution < 1.29 is 14.0 Å². The minimum absolute atomic E-state index is 0.409. The number of nitrogens with one attached hydrogen (secondary N) is 1. The van der Waals surface area contributed by atoms with E-state index in [1.807, 2.05) is 0 Å². The quantitative estimate of drug-likeness (QED) is 0.519. The summed E-state index contributed by atoms with van der Waals surface area (Å²) in [5.41, 5.74) is 0. The fourth-order valence-electron chi connectivity index (χ4n) is 0.801. The predicted octanol–water partition coefficient (Wildman–Crippen LogP) is 0.998. The molecule has 0 saturated heterocycles. The van der Waals surface area contributed by atoms with Crippen LogP contribution in [0.5, 0.6) is 0 Å². The third kappa shape index (κ3) is 11.7. The molecule has 0 aliphatic carbocycles. The summed E-state index contributed by atoms with van der Waals surface area (Å²) in [6, 6.07) is 1.06. The number of hydrogen-bond acceptors (Lipinski definition) is 2. The molecule has 78 valence electrons. The molecule has 0 aliphatic heterocycles. The normalized spacial score (nSPS) is 12.2. The second kappa shape index (κ2) is 6.17. The summed E-state index contributed by atoms with van der Waals surface area (Å²) < 4.78 is 5.74. The van der Waals surface area contributed by atoms with Crippen LogP contribution in [0.2, 0.25) is 25.7 Å². The zero-order valence-corrected chi connectivity index (χ0v) is 11.0. The Morgan fingerprint density at radius 2 is 2.15 bits per heavy atom. The van der Waals surface area contributed by atoms with Gasteiger partial charge in [0.1, 0.15) is 9.76 Å². The largest absolute Gasteiger partial charge is 0.465 e. The van der Waals surface area contributed by atoms with Crippen molar-refractivity contribution in [1.82, 2.24) is 5.32 Å². The Kier molecular flexibility index (Phi) is 6.01. The third-order valence-corrected chi connectivity index (χ3v) is 6.45. The fraction of sp³-hybridized carbons (Fsp3) is 0.857. The summed E-state index contributed by atoms with van der Waals surface area (Å²) in [7, 11) is -1.72. The van der Waals surface area contributed by atoms with Crippen LogP contribution in [0.15, 0.2) is 0 Å². The van der Waals surface area contributed by atoms with Crippen molar-refractivity contribution in [3.8, 4) is 0 Å². The minimum atomic E-state index is -1.31. The molecule has 6 heteroatoms. The first kappa shape index (κ1) is 12.7. The van der Waals surface area contributed by atoms with Crippen LogP contribution in [0.3, 0.4) is 0 Å². The van der Waals surface area contributed by atoms with Gasteiger partial charge >= 0.3 is 6.09 Å². The van der Waals surface area contributed by atoms with Crippen LogP contribution in [0, 0.1) is 0 Å². The van der Waals surface area contributed by atoms with Crippen molar-refractivity contribution in [2.45, 2.75) is 32.1 Å². The summed E-state index contributed by atoms with van der Waals surface area (Å²) in [4.78, 5) is 10.1. The molecule has 13 heavy (non-hydrogen) atoms. The Morgan fingerprint density at radius 3 is 2.62 bits per heavy atom. The second-order valence-corrected chi connectivity index (χ2v) is 10.4. The zero-order chi connectivity index (χ0) is 10.3. The van der Waals surface area contributed by atoms with Gasteiger partial charge in [-0.25, -0.2) is 4.79 Å². The van der Waals surface area contributed by atoms with Gasteiger partial charge in [-0.3, -0.25) is 0 Å². The van der Waals surface area contributed by atoms with E-state index in [2.05, 4.69) is 25.0 Å². The summed E-state index contributed by atoms with van der Waals surface area (Å²) in [5.74, 6) is 0. The molecule has 1 amide bonds. The highest BCUT2D eigenvalue weighted by atomic mass is 28.4. The lowest BCUT2D eigenvalue weighted by molar-refractivity contribution is 0.194. The van der Waals surface area contributed by atoms with E-state index >= 15 is 0 Å². The van der Waals surface area contributed by atoms with E-state index < -0.39 is 24.2 Å². The summed E-state index contributed by atoms with van der Waals surface area (Å²) in [6.45, 7) is 7.08. The number of amides is 1. The lowest BCUT2D eigenvalue weighted by atomic mass is 10.5. The predicted molar refractivity (Wildman–Crippen MR) is 58.4 cm³/mol. The first-order chi connectivity index (χ1) is 5.92. The van der Waals surface area contributed by atoms with Gasteiger partial charge in [0.2, 0.25) is 0 Å². The molecule has 0 aromatic rings. The van der Waals surface area contributed by atoms with Gasteiger partial charge in [0, 0.05) is 6.54 Å². The van der Waals surface area contributed by atoms with Crippen molar-refractivity contribution in [1.29, 1.82) is 0 Å². The van der Waals surface area contributed by atoms with E-state index in [0.717, 1.165) is 12.5 Å². The first-order valence-electron chi connectivity index (χ1n) is 4.52. The molecule has 2 N–H and O–H groups in total. The average Bonchev–Trinajstić information content (AvgIpc) is 1.93. The molecular formula is C7H19NO3Si2. The standard InChI is InChI=1S/C7H19NO3Si2/c1-13(2,3)11-12-6-4-5-8-7(9)10/h8H,4-6,12H2,1-3H3,(H,9,10). The molecule has 0 spiro atoms. The van der Waals surface area contributed by atoms with Gasteiger partial charge in [-0.1, -0.05) is 0 Å². The lowest BCUT2D eigenvalue weighted by Gasteiger charge is -2.17. The van der Waals surface area contributed by atoms with Crippen LogP contribution < -0.4 is 5.32 Å². The average molecular weight is 221 g/mol. The van der Waals surface area contributed by atoms with Gasteiger partial charge in [-0.2, -0.15) is 0 Å². The van der Waals surface area contributed by atoms with Gasteiger partial charge in [-0.15, -0.1) is 0 Å². The van der Waals surface area contributed by atoms with Gasteiger partial charge in [-0.05, 0) is 32.1 Å². The molecule has 0 saturated carbocycles. The van der Waals surface area contributed by atoms with Crippen LogP contribution in [-0.2, 0) is 4.12 Å². The molecule has 0 rings (SSSR count). The molecular weight excluding hydrogens is 202 g/mol. The highest BCUT2D eigenvalue weighted by molar-refractivity contribution is 6.73. The Hall–Kier alpha value is -0.336. The van der Waals surface area contributed by atoms with E-state index in [1.165, 1.54) is 0 Å². The smallest absolute Gasteiger partial charge is 0.404 e. The maximum atomic E-state index is 10.1. The molecule has 0 aromatic carbocycles. The molecule has 0 aromatic heterocycles. The van der Waals surface area contributed by atoms with Crippen molar-refractivity contribution in [2.75, 3.05) is 6.54 Å². The van der Waals surface area contributed by atoms with Gasteiger partial charge in [0.25, 0.3) is 0 Å². The Labute approximate surface area is 82.8 Å². The summed E-state index contributed by atoms with van der Waals surface area (Å²) in [6.07, 6.45) is -0.0315. The molecule has 4 nitrogen and oxygen atoms in total. The van der Waals surface area contributed by atoms with Crippen LogP contribution in [0.1, 0.15) is 6.42 Å². The monoisotopic (exact) mass is 221 g/mol. The van der Waals surface area contributed by atoms with Gasteiger partial charge in [0.15, 0.2) is 8.32 Å². The van der Waals surface area contributed by atoms with E-state index in [4.69, 9.17) is 9.22 Å². The summed E-state index contributed by atoms with van der Waals surface area (Å²) >= 11 is 0. The molecule has 0 aliphatic rings. The first-order valence-corrected chi connectivity index (χ1v) is 9.51. The van der Waals surface area contributed by atoms with Crippen LogP contribution in [0.25, 0.3) is 0 Å². The minimum Gasteiger partial charge on any atom is -0.465 e. The zero-order valence-electron chi connectivity index (χ0n) is 8.59. The Morgan fingerprint density at radius 1 is 1.54 bits per heavy atom. The van der Waals surface area contributed by atoms with Crippen LogP contribution >= 0.6 is 0 Å². The van der Waals surface area contributed by atoms with Crippen molar-refractivity contribution >= 4 is 24.2 Å². The maximum absolute atomic E-state index is 10.1. The molecule has 0 unspecified atom stereocenters. The number of carbonyl (C=O) groups is 1. The highest BCUT2D eigenvalue weighted by Gasteiger charge is 2.12. The SMILES string of the molecule is C[Si](C)(C)O[SiH2]CCCNC(=O)O. The molecule has 0 radical (unpaired) electrons. The Balaban J connectivity index is 3.13. The lowest BCUT2D eigenvalue weighted by Crippen LogP contribution is -2.28. The number of hydrogen-bond donors (Lipinski definition) is 2. The molecule has 0 bridgehead atoms. The van der Waals surface area contributed by atoms with E-state index in [1.54, 1.807) is 0 Å². The van der Waals surface area contributed by atoms with Crippen molar-refractivity contribution in [2.24, 2.45) is 0 Å². The van der Waals surface area contributed by atoms with E-state index in [0.29, 0.717) is 6.54 Å². The van der Waals surface area contributed by atoms with Crippen molar-refractivity contribution in [3.05, 3.63) is 0 Å². The maximum Gasteiger partial charge on any atom is 0.404 e. The second-order valence-electron chi connectivity index (χ2n) is 3.90. The van der Waals surface area contributed by atoms with Crippen LogP contribution in [-0.4, -0.2) is 35.8 Å². The van der Waals surface area contributed by atoms with Gasteiger partial charge in [0.05, 0.1) is 0 Å². The van der Waals surface area contributed by atoms with Gasteiger partial charge < -0.3 is 14.5 Å². The Bertz CT molecular complexity index is 158. The molecule has 0 fully saturated rings. The highest BCUT2D eigenvalue weighted by Crippen LogP contribution is 2.02. The number of rotatable bonds is 6. The number of carboxylic acid groups (broad SMARTS) is 1. The van der Waals surface area contributed by atoms with Crippen LogP contribution in [0.4, 0.5) is 4.79 Å². The van der Waals surface area contributed by atoms with E-state index in [9.17, 15) is 4.79 Å².